The van der Waals surface area contributed by atoms with Crippen LogP contribution < -0.4 is 10.6 Å². The Balaban J connectivity index is 1.73. The zero-order chi connectivity index (χ0) is 14.9. The molecule has 1 aromatic heterocycles. The lowest BCUT2D eigenvalue weighted by molar-refractivity contribution is 0.606. The van der Waals surface area contributed by atoms with E-state index in [1.807, 2.05) is 0 Å². The second-order valence-electron chi connectivity index (χ2n) is 6.06. The van der Waals surface area contributed by atoms with Crippen molar-refractivity contribution < 1.29 is 0 Å². The minimum absolute atomic E-state index is 0.612. The molecule has 1 aliphatic rings. The Morgan fingerprint density at radius 1 is 1.19 bits per heavy atom. The van der Waals surface area contributed by atoms with Crippen molar-refractivity contribution in [3.05, 3.63) is 17.8 Å². The highest BCUT2D eigenvalue weighted by Crippen LogP contribution is 2.19. The summed E-state index contributed by atoms with van der Waals surface area (Å²) in [7, 11) is 0. The molecule has 0 fully saturated rings. The van der Waals surface area contributed by atoms with E-state index in [0.29, 0.717) is 11.9 Å². The van der Waals surface area contributed by atoms with Crippen molar-refractivity contribution in [1.29, 1.82) is 0 Å². The molecule has 2 N–H and O–H groups in total. The lowest BCUT2D eigenvalue weighted by atomic mass is 9.97. The summed E-state index contributed by atoms with van der Waals surface area (Å²) in [5, 5.41) is 14.6. The third-order valence-corrected chi connectivity index (χ3v) is 3.70. The Morgan fingerprint density at radius 3 is 2.86 bits per heavy atom. The smallest absolute Gasteiger partial charge is 0.244 e. The van der Waals surface area contributed by atoms with Crippen LogP contribution in [0.25, 0.3) is 0 Å². The molecule has 0 spiro atoms. The predicted octanol–water partition coefficient (Wildman–Crippen LogP) is 3.63. The molecular weight excluding hydrogens is 262 g/mol. The number of nitrogens with one attached hydrogen (secondary N) is 2. The average Bonchev–Trinajstić information content (AvgIpc) is 2.48. The fourth-order valence-corrected chi connectivity index (χ4v) is 2.42. The van der Waals surface area contributed by atoms with Gasteiger partial charge < -0.3 is 10.6 Å². The minimum atomic E-state index is 0.612. The van der Waals surface area contributed by atoms with Crippen LogP contribution in [0.4, 0.5) is 11.8 Å². The van der Waals surface area contributed by atoms with Crippen LogP contribution in [0.3, 0.4) is 0 Å². The van der Waals surface area contributed by atoms with Crippen LogP contribution in [0, 0.1) is 5.92 Å². The topological polar surface area (TPSA) is 62.7 Å². The molecule has 1 aromatic rings. The number of hydrogen-bond donors (Lipinski definition) is 2. The standard InChI is InChI=1S/C16H27N5/c1-13(2)8-10-17-15-12-19-21-16(20-15)18-11-9-14-6-4-3-5-7-14/h6,12-13H,3-5,7-11H2,1-2H3,(H2,17,18,20,21). The summed E-state index contributed by atoms with van der Waals surface area (Å²) >= 11 is 0. The quantitative estimate of drug-likeness (QED) is 0.715. The molecule has 0 amide bonds. The molecule has 5 nitrogen and oxygen atoms in total. The van der Waals surface area contributed by atoms with E-state index in [1.165, 1.54) is 25.7 Å². The summed E-state index contributed by atoms with van der Waals surface area (Å²) in [6.07, 6.45) is 11.4. The average molecular weight is 289 g/mol. The molecule has 0 aromatic carbocycles. The molecule has 0 unspecified atom stereocenters. The summed E-state index contributed by atoms with van der Waals surface area (Å²) in [5.41, 5.74) is 1.56. The molecule has 0 saturated heterocycles. The number of rotatable bonds is 8. The van der Waals surface area contributed by atoms with Crippen molar-refractivity contribution in [2.45, 2.75) is 52.4 Å². The van der Waals surface area contributed by atoms with Gasteiger partial charge in [-0.05, 0) is 44.4 Å². The third kappa shape index (κ3) is 6.10. The van der Waals surface area contributed by atoms with Crippen molar-refractivity contribution in [3.63, 3.8) is 0 Å². The Kier molecular flexibility index (Phi) is 6.44. The normalized spacial score (nSPS) is 14.9. The first-order valence-electron chi connectivity index (χ1n) is 8.09. The van der Waals surface area contributed by atoms with E-state index in [9.17, 15) is 0 Å². The lowest BCUT2D eigenvalue weighted by Crippen LogP contribution is -2.11. The maximum atomic E-state index is 4.44. The Labute approximate surface area is 127 Å². The fraction of sp³-hybridized carbons (Fsp3) is 0.688. The van der Waals surface area contributed by atoms with E-state index in [-0.39, 0.29) is 0 Å². The first-order valence-corrected chi connectivity index (χ1v) is 8.09. The highest BCUT2D eigenvalue weighted by molar-refractivity contribution is 5.36. The Bertz CT molecular complexity index is 456. The summed E-state index contributed by atoms with van der Waals surface area (Å²) in [4.78, 5) is 4.44. The predicted molar refractivity (Wildman–Crippen MR) is 87.4 cm³/mol. The maximum absolute atomic E-state index is 4.44. The van der Waals surface area contributed by atoms with E-state index >= 15 is 0 Å². The number of hydrogen-bond acceptors (Lipinski definition) is 5. The molecular formula is C16H27N5. The second-order valence-corrected chi connectivity index (χ2v) is 6.06. The number of nitrogens with zero attached hydrogens (tertiary/aromatic N) is 3. The highest BCUT2D eigenvalue weighted by atomic mass is 15.3. The molecule has 116 valence electrons. The molecule has 0 saturated carbocycles. The van der Waals surface area contributed by atoms with Gasteiger partial charge in [0.15, 0.2) is 0 Å². The SMILES string of the molecule is CC(C)CCNc1cnnc(NCCC2=CCCCC2)n1. The zero-order valence-corrected chi connectivity index (χ0v) is 13.2. The zero-order valence-electron chi connectivity index (χ0n) is 13.2. The van der Waals surface area contributed by atoms with Crippen molar-refractivity contribution in [3.8, 4) is 0 Å². The fourth-order valence-electron chi connectivity index (χ4n) is 2.42. The maximum Gasteiger partial charge on any atom is 0.244 e. The molecule has 1 heterocycles. The minimum Gasteiger partial charge on any atom is -0.369 e. The summed E-state index contributed by atoms with van der Waals surface area (Å²) in [6.45, 7) is 6.23. The molecule has 0 bridgehead atoms. The number of aromatic nitrogens is 3. The van der Waals surface area contributed by atoms with Crippen LogP contribution >= 0.6 is 0 Å². The Hall–Kier alpha value is -1.65. The van der Waals surface area contributed by atoms with Gasteiger partial charge >= 0.3 is 0 Å². The van der Waals surface area contributed by atoms with Gasteiger partial charge in [0, 0.05) is 13.1 Å². The molecule has 1 aliphatic carbocycles. The monoisotopic (exact) mass is 289 g/mol. The van der Waals surface area contributed by atoms with Crippen LogP contribution in [0.1, 0.15) is 52.4 Å². The van der Waals surface area contributed by atoms with Crippen LogP contribution in [0.5, 0.6) is 0 Å². The summed E-state index contributed by atoms with van der Waals surface area (Å²) < 4.78 is 0. The largest absolute Gasteiger partial charge is 0.369 e. The van der Waals surface area contributed by atoms with Crippen molar-refractivity contribution in [1.82, 2.24) is 15.2 Å². The van der Waals surface area contributed by atoms with Crippen molar-refractivity contribution in [2.75, 3.05) is 23.7 Å². The molecule has 5 heteroatoms. The Morgan fingerprint density at radius 2 is 2.10 bits per heavy atom. The van der Waals surface area contributed by atoms with Gasteiger partial charge in [-0.1, -0.05) is 25.5 Å². The van der Waals surface area contributed by atoms with E-state index < -0.39 is 0 Å². The van der Waals surface area contributed by atoms with Crippen molar-refractivity contribution in [2.24, 2.45) is 5.92 Å². The van der Waals surface area contributed by atoms with Gasteiger partial charge in [-0.2, -0.15) is 10.1 Å². The highest BCUT2D eigenvalue weighted by Gasteiger charge is 2.04. The van der Waals surface area contributed by atoms with Crippen LogP contribution in [0.15, 0.2) is 17.8 Å². The number of allylic oxidation sites excluding steroid dienone is 1. The van der Waals surface area contributed by atoms with E-state index in [4.69, 9.17) is 0 Å². The van der Waals surface area contributed by atoms with Crippen LogP contribution in [0.2, 0.25) is 0 Å². The summed E-state index contributed by atoms with van der Waals surface area (Å²) in [5.74, 6) is 2.10. The van der Waals surface area contributed by atoms with Crippen LogP contribution in [-0.2, 0) is 0 Å². The van der Waals surface area contributed by atoms with Gasteiger partial charge in [0.2, 0.25) is 5.95 Å². The van der Waals surface area contributed by atoms with E-state index in [0.717, 1.165) is 31.7 Å². The van der Waals surface area contributed by atoms with Crippen molar-refractivity contribution >= 4 is 11.8 Å². The molecule has 2 rings (SSSR count). The van der Waals surface area contributed by atoms with Gasteiger partial charge in [0.05, 0.1) is 6.20 Å². The van der Waals surface area contributed by atoms with Gasteiger partial charge in [-0.3, -0.25) is 0 Å². The first-order chi connectivity index (χ1) is 10.2. The van der Waals surface area contributed by atoms with E-state index in [1.54, 1.807) is 11.8 Å². The molecule has 21 heavy (non-hydrogen) atoms. The summed E-state index contributed by atoms with van der Waals surface area (Å²) in [6, 6.07) is 0. The lowest BCUT2D eigenvalue weighted by Gasteiger charge is -2.13. The second kappa shape index (κ2) is 8.60. The van der Waals surface area contributed by atoms with E-state index in [2.05, 4.69) is 45.7 Å². The van der Waals surface area contributed by atoms with Crippen LogP contribution in [-0.4, -0.2) is 28.3 Å². The number of anilines is 2. The first kappa shape index (κ1) is 15.7. The van der Waals surface area contributed by atoms with Gasteiger partial charge in [0.25, 0.3) is 0 Å². The molecule has 0 atom stereocenters. The van der Waals surface area contributed by atoms with Gasteiger partial charge in [-0.15, -0.1) is 5.10 Å². The van der Waals surface area contributed by atoms with Gasteiger partial charge in [-0.25, -0.2) is 0 Å². The van der Waals surface area contributed by atoms with Gasteiger partial charge in [0.1, 0.15) is 5.82 Å². The molecule has 0 aliphatic heterocycles. The third-order valence-electron chi connectivity index (χ3n) is 3.70. The molecule has 0 radical (unpaired) electrons.